The van der Waals surface area contributed by atoms with Gasteiger partial charge in [0.2, 0.25) is 0 Å². The highest BCUT2D eigenvalue weighted by Gasteiger charge is 2.16. The molecule has 0 aliphatic heterocycles. The number of hydrogen-bond donors (Lipinski definition) is 1. The number of ether oxygens (including phenoxy) is 2. The number of hydrogen-bond acceptors (Lipinski definition) is 4. The maximum absolute atomic E-state index is 11.8. The summed E-state index contributed by atoms with van der Waals surface area (Å²) < 4.78 is 10.4. The van der Waals surface area contributed by atoms with Gasteiger partial charge in [0, 0.05) is 6.42 Å². The van der Waals surface area contributed by atoms with Gasteiger partial charge in [-0.05, 0) is 45.4 Å². The number of ketones is 1. The number of carbonyl (C=O) groups is 2. The molecule has 0 atom stereocenters. The second kappa shape index (κ2) is 7.67. The lowest BCUT2D eigenvalue weighted by molar-refractivity contribution is -0.117. The van der Waals surface area contributed by atoms with Gasteiger partial charge in [0.05, 0.1) is 13.2 Å². The molecule has 1 amide bonds. The van der Waals surface area contributed by atoms with Gasteiger partial charge in [0.15, 0.2) is 5.78 Å². The molecule has 116 valence electrons. The zero-order valence-electron chi connectivity index (χ0n) is 13.1. The number of alkyl carbamates (subject to hydrolysis) is 1. The lowest BCUT2D eigenvalue weighted by Crippen LogP contribution is -2.35. The predicted molar refractivity (Wildman–Crippen MR) is 80.6 cm³/mol. The molecule has 0 aliphatic carbocycles. The van der Waals surface area contributed by atoms with Crippen molar-refractivity contribution in [3.63, 3.8) is 0 Å². The number of carbonyl (C=O) groups excluding carboxylic acids is 2. The van der Waals surface area contributed by atoms with E-state index in [1.807, 2.05) is 31.2 Å². The third kappa shape index (κ3) is 7.34. The summed E-state index contributed by atoms with van der Waals surface area (Å²) >= 11 is 0. The van der Waals surface area contributed by atoms with Crippen LogP contribution in [0.1, 0.15) is 33.3 Å². The first-order chi connectivity index (χ1) is 9.80. The van der Waals surface area contributed by atoms with Crippen LogP contribution in [0.5, 0.6) is 5.75 Å². The Labute approximate surface area is 125 Å². The van der Waals surface area contributed by atoms with Crippen molar-refractivity contribution in [2.24, 2.45) is 0 Å². The van der Waals surface area contributed by atoms with Crippen LogP contribution in [0.25, 0.3) is 0 Å². The number of rotatable bonds is 6. The standard InChI is InChI=1S/C16H23NO4/c1-5-20-14-8-6-12(7-9-14)10-13(18)11-17-15(19)21-16(2,3)4/h6-9H,5,10-11H2,1-4H3,(H,17,19). The lowest BCUT2D eigenvalue weighted by Gasteiger charge is -2.19. The van der Waals surface area contributed by atoms with Crippen molar-refractivity contribution in [3.8, 4) is 5.75 Å². The van der Waals surface area contributed by atoms with Crippen molar-refractivity contribution in [1.82, 2.24) is 5.32 Å². The van der Waals surface area contributed by atoms with Gasteiger partial charge < -0.3 is 14.8 Å². The van der Waals surface area contributed by atoms with Gasteiger partial charge in [-0.3, -0.25) is 4.79 Å². The summed E-state index contributed by atoms with van der Waals surface area (Å²) in [5.41, 5.74) is 0.317. The summed E-state index contributed by atoms with van der Waals surface area (Å²) in [5, 5.41) is 2.46. The van der Waals surface area contributed by atoms with Crippen molar-refractivity contribution >= 4 is 11.9 Å². The zero-order valence-corrected chi connectivity index (χ0v) is 13.1. The van der Waals surface area contributed by atoms with Crippen molar-refractivity contribution in [2.75, 3.05) is 13.2 Å². The Morgan fingerprint density at radius 1 is 1.14 bits per heavy atom. The van der Waals surface area contributed by atoms with Crippen molar-refractivity contribution < 1.29 is 19.1 Å². The summed E-state index contributed by atoms with van der Waals surface area (Å²) in [6.07, 6.45) is -0.315. The average Bonchev–Trinajstić information content (AvgIpc) is 2.37. The molecule has 0 fully saturated rings. The normalized spacial score (nSPS) is 10.9. The Balaban J connectivity index is 2.38. The maximum atomic E-state index is 11.8. The first kappa shape index (κ1) is 17.0. The van der Waals surface area contributed by atoms with Crippen LogP contribution in [0.2, 0.25) is 0 Å². The lowest BCUT2D eigenvalue weighted by atomic mass is 10.1. The zero-order chi connectivity index (χ0) is 15.9. The Morgan fingerprint density at radius 3 is 2.29 bits per heavy atom. The largest absolute Gasteiger partial charge is 0.494 e. The molecule has 1 rings (SSSR count). The van der Waals surface area contributed by atoms with Gasteiger partial charge in [-0.15, -0.1) is 0 Å². The molecule has 0 aromatic heterocycles. The van der Waals surface area contributed by atoms with E-state index in [2.05, 4.69) is 5.32 Å². The summed E-state index contributed by atoms with van der Waals surface area (Å²) in [5.74, 6) is 0.700. The van der Waals surface area contributed by atoms with Gasteiger partial charge in [0.25, 0.3) is 0 Å². The second-order valence-electron chi connectivity index (χ2n) is 5.65. The van der Waals surface area contributed by atoms with Gasteiger partial charge in [0.1, 0.15) is 11.4 Å². The number of benzene rings is 1. The van der Waals surface area contributed by atoms with Gasteiger partial charge in [-0.25, -0.2) is 4.79 Å². The van der Waals surface area contributed by atoms with Crippen LogP contribution in [-0.4, -0.2) is 30.6 Å². The molecule has 0 bridgehead atoms. The van der Waals surface area contributed by atoms with E-state index in [4.69, 9.17) is 9.47 Å². The molecule has 0 spiro atoms. The molecule has 0 heterocycles. The average molecular weight is 293 g/mol. The highest BCUT2D eigenvalue weighted by atomic mass is 16.6. The third-order valence-electron chi connectivity index (χ3n) is 2.46. The predicted octanol–water partition coefficient (Wildman–Crippen LogP) is 2.72. The fourth-order valence-corrected chi connectivity index (χ4v) is 1.65. The minimum atomic E-state index is -0.581. The van der Waals surface area contributed by atoms with Crippen LogP contribution in [0.3, 0.4) is 0 Å². The van der Waals surface area contributed by atoms with Crippen molar-refractivity contribution in [3.05, 3.63) is 29.8 Å². The van der Waals surface area contributed by atoms with E-state index in [9.17, 15) is 9.59 Å². The highest BCUT2D eigenvalue weighted by Crippen LogP contribution is 2.12. The quantitative estimate of drug-likeness (QED) is 0.876. The van der Waals surface area contributed by atoms with E-state index in [0.29, 0.717) is 6.61 Å². The third-order valence-corrected chi connectivity index (χ3v) is 2.46. The second-order valence-corrected chi connectivity index (χ2v) is 5.65. The summed E-state index contributed by atoms with van der Waals surface area (Å²) in [6, 6.07) is 7.34. The molecule has 1 aromatic rings. The monoisotopic (exact) mass is 293 g/mol. The molecule has 1 aromatic carbocycles. The SMILES string of the molecule is CCOc1ccc(CC(=O)CNC(=O)OC(C)(C)C)cc1. The van der Waals surface area contributed by atoms with Gasteiger partial charge in [-0.1, -0.05) is 12.1 Å². The van der Waals surface area contributed by atoms with Crippen LogP contribution in [0.15, 0.2) is 24.3 Å². The number of amides is 1. The maximum Gasteiger partial charge on any atom is 0.408 e. The molecular weight excluding hydrogens is 270 g/mol. The molecule has 0 unspecified atom stereocenters. The Hall–Kier alpha value is -2.04. The van der Waals surface area contributed by atoms with Crippen LogP contribution in [0.4, 0.5) is 4.79 Å². The topological polar surface area (TPSA) is 64.6 Å². The Kier molecular flexibility index (Phi) is 6.21. The molecule has 0 radical (unpaired) electrons. The summed E-state index contributed by atoms with van der Waals surface area (Å²) in [7, 11) is 0. The van der Waals surface area contributed by atoms with Crippen LogP contribution >= 0.6 is 0 Å². The molecular formula is C16H23NO4. The Morgan fingerprint density at radius 2 is 1.76 bits per heavy atom. The van der Waals surface area contributed by atoms with E-state index in [-0.39, 0.29) is 18.7 Å². The molecule has 0 saturated heterocycles. The summed E-state index contributed by atoms with van der Waals surface area (Å²) in [6.45, 7) is 7.80. The minimum Gasteiger partial charge on any atom is -0.494 e. The van der Waals surface area contributed by atoms with Crippen molar-refractivity contribution in [2.45, 2.75) is 39.7 Å². The Bertz CT molecular complexity index is 474. The van der Waals surface area contributed by atoms with E-state index in [1.54, 1.807) is 20.8 Å². The van der Waals surface area contributed by atoms with Crippen molar-refractivity contribution in [1.29, 1.82) is 0 Å². The van der Waals surface area contributed by atoms with Gasteiger partial charge >= 0.3 is 6.09 Å². The van der Waals surface area contributed by atoms with E-state index in [1.165, 1.54) is 0 Å². The number of nitrogens with one attached hydrogen (secondary N) is 1. The van der Waals surface area contributed by atoms with Crippen LogP contribution < -0.4 is 10.1 Å². The first-order valence-electron chi connectivity index (χ1n) is 7.00. The molecule has 5 nitrogen and oxygen atoms in total. The van der Waals surface area contributed by atoms with E-state index in [0.717, 1.165) is 11.3 Å². The fourth-order valence-electron chi connectivity index (χ4n) is 1.65. The smallest absolute Gasteiger partial charge is 0.408 e. The molecule has 0 saturated carbocycles. The molecule has 0 aliphatic rings. The van der Waals surface area contributed by atoms with Gasteiger partial charge in [-0.2, -0.15) is 0 Å². The van der Waals surface area contributed by atoms with E-state index < -0.39 is 11.7 Å². The minimum absolute atomic E-state index is 0.0396. The number of Topliss-reactive ketones (excluding diaryl/α,β-unsaturated/α-hetero) is 1. The summed E-state index contributed by atoms with van der Waals surface area (Å²) in [4.78, 5) is 23.2. The van der Waals surface area contributed by atoms with Crippen LogP contribution in [0, 0.1) is 0 Å². The first-order valence-corrected chi connectivity index (χ1v) is 7.00. The molecule has 1 N–H and O–H groups in total. The fraction of sp³-hybridized carbons (Fsp3) is 0.500. The van der Waals surface area contributed by atoms with Crippen LogP contribution in [-0.2, 0) is 16.0 Å². The molecule has 21 heavy (non-hydrogen) atoms. The molecule has 5 heteroatoms. The van der Waals surface area contributed by atoms with E-state index >= 15 is 0 Å². The highest BCUT2D eigenvalue weighted by molar-refractivity contribution is 5.85.